The Bertz CT molecular complexity index is 1280. The van der Waals surface area contributed by atoms with Crippen molar-refractivity contribution in [3.63, 3.8) is 0 Å². The summed E-state index contributed by atoms with van der Waals surface area (Å²) < 4.78 is 13.4. The van der Waals surface area contributed by atoms with E-state index >= 15 is 0 Å². The molecule has 0 bridgehead atoms. The number of anilines is 2. The molecule has 3 N–H and O–H groups in total. The summed E-state index contributed by atoms with van der Waals surface area (Å²) in [6.07, 6.45) is 2.73. The number of aliphatic hydroxyl groups excluding tert-OH is 1. The summed E-state index contributed by atoms with van der Waals surface area (Å²) >= 11 is 0. The number of para-hydroxylation sites is 1. The molecule has 4 heterocycles. The highest BCUT2D eigenvalue weighted by Crippen LogP contribution is 2.34. The van der Waals surface area contributed by atoms with Crippen molar-refractivity contribution in [2.24, 2.45) is 0 Å². The molecule has 8 nitrogen and oxygen atoms in total. The highest BCUT2D eigenvalue weighted by Gasteiger charge is 2.26. The van der Waals surface area contributed by atoms with E-state index < -0.39 is 16.9 Å². The van der Waals surface area contributed by atoms with Gasteiger partial charge in [0, 0.05) is 58.1 Å². The van der Waals surface area contributed by atoms with Gasteiger partial charge in [-0.15, -0.1) is 0 Å². The van der Waals surface area contributed by atoms with Crippen LogP contribution in [-0.4, -0.2) is 53.5 Å². The first-order valence-electron chi connectivity index (χ1n) is 9.83. The minimum Gasteiger partial charge on any atom is -0.388 e. The van der Waals surface area contributed by atoms with Gasteiger partial charge in [0.15, 0.2) is 5.65 Å². The Morgan fingerprint density at radius 3 is 2.73 bits per heavy atom. The van der Waals surface area contributed by atoms with E-state index in [1.165, 1.54) is 0 Å². The van der Waals surface area contributed by atoms with Gasteiger partial charge in [-0.05, 0) is 19.1 Å². The van der Waals surface area contributed by atoms with E-state index in [1.807, 2.05) is 30.5 Å². The zero-order valence-corrected chi connectivity index (χ0v) is 17.3. The summed E-state index contributed by atoms with van der Waals surface area (Å²) in [5.41, 5.74) is 10.2. The lowest BCUT2D eigenvalue weighted by atomic mass is 10.1. The summed E-state index contributed by atoms with van der Waals surface area (Å²) in [7, 11) is -0.813. The molecule has 154 valence electrons. The highest BCUT2D eigenvalue weighted by molar-refractivity contribution is 7.85. The number of hydrogen-bond donors (Lipinski definition) is 2. The van der Waals surface area contributed by atoms with Crippen molar-refractivity contribution < 1.29 is 9.32 Å². The number of pyridine rings is 1. The van der Waals surface area contributed by atoms with Crippen molar-refractivity contribution in [1.82, 2.24) is 19.6 Å². The minimum atomic E-state index is -0.813. The number of aromatic nitrogens is 4. The van der Waals surface area contributed by atoms with Gasteiger partial charge in [-0.1, -0.05) is 18.2 Å². The summed E-state index contributed by atoms with van der Waals surface area (Å²) in [4.78, 5) is 11.5. The van der Waals surface area contributed by atoms with Crippen LogP contribution in [0, 0.1) is 0 Å². The molecule has 1 fully saturated rings. The Morgan fingerprint density at radius 2 is 1.97 bits per heavy atom. The molecule has 0 saturated carbocycles. The van der Waals surface area contributed by atoms with Crippen LogP contribution >= 0.6 is 0 Å². The number of benzene rings is 1. The number of nitrogen functional groups attached to an aromatic ring is 1. The van der Waals surface area contributed by atoms with Crippen molar-refractivity contribution in [1.29, 1.82) is 0 Å². The van der Waals surface area contributed by atoms with E-state index in [-0.39, 0.29) is 0 Å². The fraction of sp³-hybridized carbons (Fsp3) is 0.286. The summed E-state index contributed by atoms with van der Waals surface area (Å²) in [6, 6.07) is 9.99. The van der Waals surface area contributed by atoms with Crippen molar-refractivity contribution in [3.8, 4) is 11.1 Å². The summed E-state index contributed by atoms with van der Waals surface area (Å²) in [5.74, 6) is 2.14. The first kappa shape index (κ1) is 19.0. The van der Waals surface area contributed by atoms with Gasteiger partial charge >= 0.3 is 0 Å². The maximum atomic E-state index is 11.8. The maximum Gasteiger partial charge on any atom is 0.167 e. The molecule has 1 unspecified atom stereocenters. The molecule has 3 aromatic heterocycles. The molecule has 1 atom stereocenters. The topological polar surface area (TPSA) is 110 Å². The molecule has 5 rings (SSSR count). The molecular weight excluding hydrogens is 400 g/mol. The Balaban J connectivity index is 1.70. The fourth-order valence-electron chi connectivity index (χ4n) is 3.93. The standard InChI is InChI=1S/C21H22N6O2S/c1-13(28)18-19(22)27-20(25-21(18)26-6-8-30(29)9-7-26)16(12-24-27)15-10-14-4-2-3-5-17(14)23-11-15/h2-5,10-13,28H,6-9,22H2,1H3. The van der Waals surface area contributed by atoms with Crippen molar-refractivity contribution in [2.75, 3.05) is 35.2 Å². The van der Waals surface area contributed by atoms with E-state index in [9.17, 15) is 9.32 Å². The lowest BCUT2D eigenvalue weighted by Gasteiger charge is -2.30. The third-order valence-corrected chi connectivity index (χ3v) is 6.77. The molecule has 0 radical (unpaired) electrons. The fourth-order valence-corrected chi connectivity index (χ4v) is 4.98. The second-order valence-corrected chi connectivity index (χ2v) is 9.15. The molecular formula is C21H22N6O2S. The van der Waals surface area contributed by atoms with E-state index in [1.54, 1.807) is 17.6 Å². The van der Waals surface area contributed by atoms with Crippen LogP contribution < -0.4 is 10.6 Å². The second kappa shape index (κ2) is 7.33. The van der Waals surface area contributed by atoms with Crippen molar-refractivity contribution >= 4 is 39.0 Å². The summed E-state index contributed by atoms with van der Waals surface area (Å²) in [5, 5.41) is 15.9. The molecule has 1 aromatic carbocycles. The molecule has 30 heavy (non-hydrogen) atoms. The van der Waals surface area contributed by atoms with E-state index in [2.05, 4.69) is 21.0 Å². The average Bonchev–Trinajstić information content (AvgIpc) is 3.18. The molecule has 9 heteroatoms. The van der Waals surface area contributed by atoms with Crippen LogP contribution in [0.4, 0.5) is 11.6 Å². The van der Waals surface area contributed by atoms with Crippen LogP contribution in [-0.2, 0) is 10.8 Å². The molecule has 0 spiro atoms. The SMILES string of the molecule is CC(O)c1c(N2CCS(=O)CC2)nc2c(-c3cnc4ccccc4c3)cnn2c1N. The number of aliphatic hydroxyl groups is 1. The average molecular weight is 423 g/mol. The van der Waals surface area contributed by atoms with Crippen LogP contribution in [0.1, 0.15) is 18.6 Å². The Morgan fingerprint density at radius 1 is 1.20 bits per heavy atom. The third kappa shape index (κ3) is 3.10. The van der Waals surface area contributed by atoms with Crippen LogP contribution in [0.3, 0.4) is 0 Å². The summed E-state index contributed by atoms with van der Waals surface area (Å²) in [6.45, 7) is 2.88. The van der Waals surface area contributed by atoms with Gasteiger partial charge in [-0.25, -0.2) is 4.98 Å². The van der Waals surface area contributed by atoms with Crippen LogP contribution in [0.15, 0.2) is 42.7 Å². The van der Waals surface area contributed by atoms with Crippen LogP contribution in [0.2, 0.25) is 0 Å². The van der Waals surface area contributed by atoms with E-state index in [0.717, 1.165) is 22.0 Å². The molecule has 1 aliphatic heterocycles. The highest BCUT2D eigenvalue weighted by atomic mass is 32.2. The lowest BCUT2D eigenvalue weighted by Crippen LogP contribution is -2.39. The smallest absolute Gasteiger partial charge is 0.167 e. The van der Waals surface area contributed by atoms with Gasteiger partial charge in [0.2, 0.25) is 0 Å². The number of fused-ring (bicyclic) bond motifs is 2. The Kier molecular flexibility index (Phi) is 4.63. The number of hydrogen-bond acceptors (Lipinski definition) is 7. The van der Waals surface area contributed by atoms with Gasteiger partial charge in [-0.3, -0.25) is 9.19 Å². The molecule has 0 amide bonds. The Labute approximate surface area is 175 Å². The maximum absolute atomic E-state index is 11.8. The Hall–Kier alpha value is -3.04. The van der Waals surface area contributed by atoms with Crippen molar-refractivity contribution in [2.45, 2.75) is 13.0 Å². The molecule has 1 saturated heterocycles. The minimum absolute atomic E-state index is 0.358. The van der Waals surface area contributed by atoms with Gasteiger partial charge in [-0.2, -0.15) is 9.61 Å². The second-order valence-electron chi connectivity index (χ2n) is 7.46. The van der Waals surface area contributed by atoms with Gasteiger partial charge in [0.1, 0.15) is 11.6 Å². The van der Waals surface area contributed by atoms with E-state index in [0.29, 0.717) is 47.4 Å². The number of nitrogens with two attached hydrogens (primary N) is 1. The molecule has 4 aromatic rings. The quantitative estimate of drug-likeness (QED) is 0.520. The van der Waals surface area contributed by atoms with Crippen LogP contribution in [0.5, 0.6) is 0 Å². The molecule has 0 aliphatic carbocycles. The van der Waals surface area contributed by atoms with Gasteiger partial charge < -0.3 is 15.7 Å². The predicted molar refractivity (Wildman–Crippen MR) is 119 cm³/mol. The number of rotatable bonds is 3. The van der Waals surface area contributed by atoms with E-state index in [4.69, 9.17) is 10.7 Å². The van der Waals surface area contributed by atoms with Crippen LogP contribution in [0.25, 0.3) is 27.7 Å². The number of nitrogens with zero attached hydrogens (tertiary/aromatic N) is 5. The normalized spacial score (nSPS) is 16.4. The monoisotopic (exact) mass is 422 g/mol. The largest absolute Gasteiger partial charge is 0.388 e. The zero-order chi connectivity index (χ0) is 20.8. The van der Waals surface area contributed by atoms with Crippen molar-refractivity contribution in [3.05, 3.63) is 48.3 Å². The lowest BCUT2D eigenvalue weighted by molar-refractivity contribution is 0.199. The van der Waals surface area contributed by atoms with Gasteiger partial charge in [0.05, 0.1) is 23.4 Å². The molecule has 1 aliphatic rings. The first-order valence-corrected chi connectivity index (χ1v) is 11.3. The third-order valence-electron chi connectivity index (χ3n) is 5.50. The zero-order valence-electron chi connectivity index (χ0n) is 16.5. The predicted octanol–water partition coefficient (Wildman–Crippen LogP) is 2.15. The van der Waals surface area contributed by atoms with Gasteiger partial charge in [0.25, 0.3) is 0 Å². The first-order chi connectivity index (χ1) is 14.5.